The number of rotatable bonds is 4. The molecular formula is C15H11ClFNO2S. The molecule has 2 rings (SSSR count). The monoisotopic (exact) mass is 323 g/mol. The Bertz CT molecular complexity index is 687. The molecule has 2 aromatic carbocycles. The molecule has 1 amide bonds. The van der Waals surface area contributed by atoms with Crippen molar-refractivity contribution >= 4 is 34.0 Å². The summed E-state index contributed by atoms with van der Waals surface area (Å²) >= 11 is 5.62. The minimum absolute atomic E-state index is 0.0767. The van der Waals surface area contributed by atoms with Crippen LogP contribution in [0.4, 0.5) is 10.1 Å². The molecule has 6 heteroatoms. The molecule has 0 spiro atoms. The van der Waals surface area contributed by atoms with Crippen molar-refractivity contribution in [1.29, 1.82) is 0 Å². The molecule has 0 saturated carbocycles. The lowest BCUT2D eigenvalue weighted by atomic mass is 10.3. The number of halogens is 2. The summed E-state index contributed by atoms with van der Waals surface area (Å²) in [7, 11) is -1.69. The van der Waals surface area contributed by atoms with Gasteiger partial charge in [-0.3, -0.25) is 4.79 Å². The van der Waals surface area contributed by atoms with Crippen LogP contribution >= 0.6 is 11.6 Å². The molecule has 0 aliphatic heterocycles. The van der Waals surface area contributed by atoms with Gasteiger partial charge in [0, 0.05) is 16.1 Å². The second-order valence-electron chi connectivity index (χ2n) is 4.02. The van der Waals surface area contributed by atoms with Crippen molar-refractivity contribution in [3.8, 4) is 0 Å². The highest BCUT2D eigenvalue weighted by Gasteiger charge is 2.18. The van der Waals surface area contributed by atoms with E-state index in [1.165, 1.54) is 24.3 Å². The number of amides is 1. The van der Waals surface area contributed by atoms with Crippen molar-refractivity contribution in [2.45, 2.75) is 4.90 Å². The third-order valence-electron chi connectivity index (χ3n) is 2.58. The van der Waals surface area contributed by atoms with Crippen LogP contribution in [0.15, 0.2) is 69.9 Å². The molecule has 3 nitrogen and oxygen atoms in total. The summed E-state index contributed by atoms with van der Waals surface area (Å²) in [4.78, 5) is 12.5. The lowest BCUT2D eigenvalue weighted by Crippen LogP contribution is -2.17. The number of hydrogen-bond donors (Lipinski definition) is 1. The van der Waals surface area contributed by atoms with Crippen LogP contribution in [0.1, 0.15) is 0 Å². The Morgan fingerprint density at radius 2 is 1.71 bits per heavy atom. The SMILES string of the molecule is O=C(Nc1ccc(F)cc1)/C(=C\Cl)S(=O)c1ccccc1. The summed E-state index contributed by atoms with van der Waals surface area (Å²) in [5.74, 6) is -1.01. The third-order valence-corrected chi connectivity index (χ3v) is 4.33. The molecule has 0 fully saturated rings. The van der Waals surface area contributed by atoms with Gasteiger partial charge in [0.15, 0.2) is 0 Å². The number of nitrogens with one attached hydrogen (secondary N) is 1. The summed E-state index contributed by atoms with van der Waals surface area (Å²) in [5, 5.41) is 2.52. The van der Waals surface area contributed by atoms with Gasteiger partial charge < -0.3 is 5.32 Å². The van der Waals surface area contributed by atoms with Crippen LogP contribution in [-0.4, -0.2) is 10.1 Å². The number of hydrogen-bond acceptors (Lipinski definition) is 2. The Hall–Kier alpha value is -1.98. The van der Waals surface area contributed by atoms with Crippen LogP contribution in [0.5, 0.6) is 0 Å². The van der Waals surface area contributed by atoms with E-state index in [4.69, 9.17) is 11.6 Å². The van der Waals surface area contributed by atoms with Gasteiger partial charge in [-0.1, -0.05) is 29.8 Å². The van der Waals surface area contributed by atoms with Crippen LogP contribution in [0.2, 0.25) is 0 Å². The largest absolute Gasteiger partial charge is 0.321 e. The number of anilines is 1. The first-order valence-electron chi connectivity index (χ1n) is 5.96. The van der Waals surface area contributed by atoms with Crippen molar-refractivity contribution < 1.29 is 13.4 Å². The number of benzene rings is 2. The maximum atomic E-state index is 12.8. The first-order valence-corrected chi connectivity index (χ1v) is 7.54. The van der Waals surface area contributed by atoms with Crippen molar-refractivity contribution in [2.24, 2.45) is 0 Å². The van der Waals surface area contributed by atoms with Crippen molar-refractivity contribution in [3.63, 3.8) is 0 Å². The highest BCUT2D eigenvalue weighted by atomic mass is 35.5. The fraction of sp³-hybridized carbons (Fsp3) is 0. The van der Waals surface area contributed by atoms with Crippen LogP contribution < -0.4 is 5.32 Å². The fourth-order valence-electron chi connectivity index (χ4n) is 1.57. The second kappa shape index (κ2) is 7.15. The van der Waals surface area contributed by atoms with Gasteiger partial charge in [0.25, 0.3) is 5.91 Å². The summed E-state index contributed by atoms with van der Waals surface area (Å²) in [5.41, 5.74) is 1.38. The van der Waals surface area contributed by atoms with Crippen molar-refractivity contribution in [3.05, 3.63) is 70.9 Å². The zero-order valence-corrected chi connectivity index (χ0v) is 12.3. The van der Waals surface area contributed by atoms with E-state index in [1.54, 1.807) is 30.3 Å². The zero-order valence-electron chi connectivity index (χ0n) is 10.8. The predicted molar refractivity (Wildman–Crippen MR) is 81.8 cm³/mol. The fourth-order valence-corrected chi connectivity index (χ4v) is 2.87. The molecule has 0 aliphatic rings. The highest BCUT2D eigenvalue weighted by molar-refractivity contribution is 7.90. The smallest absolute Gasteiger partial charge is 0.265 e. The molecule has 0 aliphatic carbocycles. The standard InChI is InChI=1S/C15H11ClFNO2S/c16-10-14(21(20)13-4-2-1-3-5-13)15(19)18-12-8-6-11(17)7-9-12/h1-10H,(H,18,19)/b14-10+. The van der Waals surface area contributed by atoms with Gasteiger partial charge in [-0.2, -0.15) is 0 Å². The summed E-state index contributed by atoms with van der Waals surface area (Å²) in [6, 6.07) is 13.7. The van der Waals surface area contributed by atoms with Gasteiger partial charge in [-0.25, -0.2) is 8.60 Å². The van der Waals surface area contributed by atoms with Crippen LogP contribution in [-0.2, 0) is 15.6 Å². The van der Waals surface area contributed by atoms with Crippen molar-refractivity contribution in [1.82, 2.24) is 0 Å². The van der Waals surface area contributed by atoms with Gasteiger partial charge in [0.05, 0.1) is 10.8 Å². The molecule has 0 aromatic heterocycles. The first-order chi connectivity index (χ1) is 10.1. The van der Waals surface area contributed by atoms with E-state index in [2.05, 4.69) is 5.32 Å². The Morgan fingerprint density at radius 1 is 1.10 bits per heavy atom. The lowest BCUT2D eigenvalue weighted by molar-refractivity contribution is -0.112. The summed E-state index contributed by atoms with van der Waals surface area (Å²) < 4.78 is 25.1. The normalized spacial score (nSPS) is 12.8. The molecule has 2 aromatic rings. The van der Waals surface area contributed by atoms with Crippen molar-refractivity contribution in [2.75, 3.05) is 5.32 Å². The van der Waals surface area contributed by atoms with Gasteiger partial charge in [-0.05, 0) is 36.4 Å². The Morgan fingerprint density at radius 3 is 2.29 bits per heavy atom. The van der Waals surface area contributed by atoms with Crippen LogP contribution in [0.3, 0.4) is 0 Å². The minimum atomic E-state index is -1.69. The zero-order chi connectivity index (χ0) is 15.2. The number of carbonyl (C=O) groups is 1. The molecular weight excluding hydrogens is 313 g/mol. The molecule has 21 heavy (non-hydrogen) atoms. The predicted octanol–water partition coefficient (Wildman–Crippen LogP) is 3.65. The highest BCUT2D eigenvalue weighted by Crippen LogP contribution is 2.17. The second-order valence-corrected chi connectivity index (χ2v) is 5.68. The van der Waals surface area contributed by atoms with E-state index >= 15 is 0 Å². The Balaban J connectivity index is 2.16. The van der Waals surface area contributed by atoms with Gasteiger partial charge in [0.1, 0.15) is 10.7 Å². The van der Waals surface area contributed by atoms with E-state index < -0.39 is 22.5 Å². The first kappa shape index (κ1) is 15.4. The van der Waals surface area contributed by atoms with Crippen LogP contribution in [0, 0.1) is 5.82 Å². The molecule has 0 bridgehead atoms. The van der Waals surface area contributed by atoms with E-state index in [1.807, 2.05) is 0 Å². The molecule has 0 heterocycles. The summed E-state index contributed by atoms with van der Waals surface area (Å²) in [6.07, 6.45) is 0. The van der Waals surface area contributed by atoms with E-state index in [9.17, 15) is 13.4 Å². The molecule has 1 N–H and O–H groups in total. The maximum absolute atomic E-state index is 12.8. The van der Waals surface area contributed by atoms with E-state index in [-0.39, 0.29) is 4.91 Å². The Labute approximate surface area is 128 Å². The maximum Gasteiger partial charge on any atom is 0.265 e. The quantitative estimate of drug-likeness (QED) is 0.873. The lowest BCUT2D eigenvalue weighted by Gasteiger charge is -2.08. The van der Waals surface area contributed by atoms with Gasteiger partial charge in [0.2, 0.25) is 0 Å². The topological polar surface area (TPSA) is 46.2 Å². The molecule has 1 atom stereocenters. The average Bonchev–Trinajstić information content (AvgIpc) is 2.51. The van der Waals surface area contributed by atoms with Gasteiger partial charge >= 0.3 is 0 Å². The van der Waals surface area contributed by atoms with Crippen LogP contribution in [0.25, 0.3) is 0 Å². The van der Waals surface area contributed by atoms with Gasteiger partial charge in [-0.15, -0.1) is 0 Å². The Kier molecular flexibility index (Phi) is 5.25. The molecule has 0 saturated heterocycles. The van der Waals surface area contributed by atoms with E-state index in [0.29, 0.717) is 10.6 Å². The minimum Gasteiger partial charge on any atom is -0.321 e. The number of carbonyl (C=O) groups excluding carboxylic acids is 1. The molecule has 1 unspecified atom stereocenters. The summed E-state index contributed by atoms with van der Waals surface area (Å²) in [6.45, 7) is 0. The van der Waals surface area contributed by atoms with E-state index in [0.717, 1.165) is 5.54 Å². The third kappa shape index (κ3) is 4.00. The molecule has 108 valence electrons. The molecule has 0 radical (unpaired) electrons. The average molecular weight is 324 g/mol.